The van der Waals surface area contributed by atoms with E-state index in [4.69, 9.17) is 16.6 Å². The molecule has 0 amide bonds. The maximum atomic E-state index is 10.4. The van der Waals surface area contributed by atoms with E-state index in [2.05, 4.69) is 15.8 Å². The zero-order valence-corrected chi connectivity index (χ0v) is 11.3. The molecule has 0 aliphatic rings. The van der Waals surface area contributed by atoms with Crippen LogP contribution in [0.15, 0.2) is 27.7 Å². The maximum Gasteiger partial charge on any atom is 0.433 e. The molecule has 0 spiro atoms. The van der Waals surface area contributed by atoms with Crippen LogP contribution in [0.5, 0.6) is 0 Å². The quantitative estimate of drug-likeness (QED) is 0.371. The van der Waals surface area contributed by atoms with E-state index in [0.717, 1.165) is 0 Å². The second-order valence-electron chi connectivity index (χ2n) is 3.81. The van der Waals surface area contributed by atoms with Gasteiger partial charge < -0.3 is 9.73 Å². The Morgan fingerprint density at radius 1 is 1.58 bits per heavy atom. The van der Waals surface area contributed by atoms with Crippen LogP contribution in [0, 0.1) is 10.1 Å². The molecule has 0 aliphatic carbocycles. The van der Waals surface area contributed by atoms with E-state index < -0.39 is 4.92 Å². The molecule has 1 aromatic heterocycles. The van der Waals surface area contributed by atoms with E-state index in [-0.39, 0.29) is 11.9 Å². The molecule has 102 valence electrons. The van der Waals surface area contributed by atoms with E-state index in [1.54, 1.807) is 12.2 Å². The van der Waals surface area contributed by atoms with E-state index in [1.807, 2.05) is 13.8 Å². The van der Waals surface area contributed by atoms with Gasteiger partial charge in [0.05, 0.1) is 6.07 Å². The molecule has 0 aliphatic heterocycles. The Morgan fingerprint density at radius 3 is 2.89 bits per heavy atom. The first-order valence-electron chi connectivity index (χ1n) is 5.49. The van der Waals surface area contributed by atoms with Crippen molar-refractivity contribution < 1.29 is 9.34 Å². The molecule has 0 unspecified atom stereocenters. The normalized spacial score (nSPS) is 11.3. The van der Waals surface area contributed by atoms with Gasteiger partial charge in [0.1, 0.15) is 10.7 Å². The Balaban J connectivity index is 2.40. The van der Waals surface area contributed by atoms with E-state index in [0.29, 0.717) is 10.9 Å². The van der Waals surface area contributed by atoms with Crippen molar-refractivity contribution in [2.75, 3.05) is 0 Å². The molecule has 1 heterocycles. The predicted octanol–water partition coefficient (Wildman–Crippen LogP) is 2.06. The zero-order valence-electron chi connectivity index (χ0n) is 10.5. The Bertz CT molecular complexity index is 508. The summed E-state index contributed by atoms with van der Waals surface area (Å²) in [7, 11) is 0. The van der Waals surface area contributed by atoms with Crippen LogP contribution in [-0.2, 0) is 0 Å². The third kappa shape index (κ3) is 5.77. The molecule has 0 saturated heterocycles. The molecule has 0 radical (unpaired) electrons. The molecule has 0 saturated carbocycles. The van der Waals surface area contributed by atoms with Gasteiger partial charge in [0.15, 0.2) is 5.11 Å². The number of hydrogen-bond acceptors (Lipinski definition) is 5. The minimum atomic E-state index is -0.594. The number of rotatable bonds is 5. The van der Waals surface area contributed by atoms with Gasteiger partial charge in [-0.25, -0.2) is 0 Å². The van der Waals surface area contributed by atoms with Crippen LogP contribution in [0.25, 0.3) is 6.08 Å². The highest BCUT2D eigenvalue weighted by atomic mass is 32.1. The minimum Gasteiger partial charge on any atom is -0.401 e. The standard InChI is InChI=1S/C11H14N4O3S/c1-8(2)13-11(19)14-12-7-3-4-9-5-6-10(18-9)15(16)17/h3-8H,1-2H3,(H2,13,14,19)/b4-3+,12-7+. The van der Waals surface area contributed by atoms with Crippen LogP contribution in [0.4, 0.5) is 5.88 Å². The molecule has 19 heavy (non-hydrogen) atoms. The highest BCUT2D eigenvalue weighted by molar-refractivity contribution is 7.80. The van der Waals surface area contributed by atoms with Gasteiger partial charge >= 0.3 is 5.88 Å². The van der Waals surface area contributed by atoms with Crippen molar-refractivity contribution in [3.63, 3.8) is 0 Å². The topological polar surface area (TPSA) is 92.7 Å². The SMILES string of the molecule is CC(C)NC(=S)N/N=C/C=C/c1ccc([N+](=O)[O-])o1. The second kappa shape index (κ2) is 7.27. The third-order valence-corrected chi connectivity index (χ3v) is 2.01. The van der Waals surface area contributed by atoms with Gasteiger partial charge in [0.25, 0.3) is 0 Å². The average molecular weight is 282 g/mol. The van der Waals surface area contributed by atoms with Gasteiger partial charge in [-0.1, -0.05) is 0 Å². The number of furan rings is 1. The van der Waals surface area contributed by atoms with E-state index in [9.17, 15) is 10.1 Å². The van der Waals surface area contributed by atoms with Crippen LogP contribution in [-0.4, -0.2) is 22.3 Å². The smallest absolute Gasteiger partial charge is 0.401 e. The van der Waals surface area contributed by atoms with Crippen molar-refractivity contribution in [1.82, 2.24) is 10.7 Å². The Morgan fingerprint density at radius 2 is 2.32 bits per heavy atom. The van der Waals surface area contributed by atoms with Gasteiger partial charge in [-0.05, 0) is 44.3 Å². The van der Waals surface area contributed by atoms with Gasteiger partial charge in [0.2, 0.25) is 0 Å². The largest absolute Gasteiger partial charge is 0.433 e. The summed E-state index contributed by atoms with van der Waals surface area (Å²) in [6, 6.07) is 3.02. The predicted molar refractivity (Wildman–Crippen MR) is 76.9 cm³/mol. The fourth-order valence-electron chi connectivity index (χ4n) is 1.10. The lowest BCUT2D eigenvalue weighted by Gasteiger charge is -2.08. The summed E-state index contributed by atoms with van der Waals surface area (Å²) in [5.41, 5.74) is 2.62. The molecule has 7 nitrogen and oxygen atoms in total. The first kappa shape index (κ1) is 14.8. The van der Waals surface area contributed by atoms with Gasteiger partial charge in [-0.3, -0.25) is 15.5 Å². The molecule has 0 fully saturated rings. The van der Waals surface area contributed by atoms with Crippen LogP contribution in [0.1, 0.15) is 19.6 Å². The molecule has 1 rings (SSSR count). The minimum absolute atomic E-state index is 0.231. The number of thiocarbonyl (C=S) groups is 1. The summed E-state index contributed by atoms with van der Waals surface area (Å²) < 4.78 is 4.92. The van der Waals surface area contributed by atoms with Crippen LogP contribution in [0.2, 0.25) is 0 Å². The summed E-state index contributed by atoms with van der Waals surface area (Å²) in [5, 5.41) is 17.6. The number of nitrogens with zero attached hydrogens (tertiary/aromatic N) is 2. The van der Waals surface area contributed by atoms with Crippen molar-refractivity contribution in [3.05, 3.63) is 34.1 Å². The highest BCUT2D eigenvalue weighted by Gasteiger charge is 2.09. The third-order valence-electron chi connectivity index (χ3n) is 1.80. The number of nitrogens with one attached hydrogen (secondary N) is 2. The summed E-state index contributed by atoms with van der Waals surface area (Å²) in [6.45, 7) is 3.92. The number of nitro groups is 1. The van der Waals surface area contributed by atoms with Crippen LogP contribution >= 0.6 is 12.2 Å². The fraction of sp³-hybridized carbons (Fsp3) is 0.273. The molecule has 8 heteroatoms. The lowest BCUT2D eigenvalue weighted by molar-refractivity contribution is -0.402. The number of hydrogen-bond donors (Lipinski definition) is 2. The van der Waals surface area contributed by atoms with E-state index >= 15 is 0 Å². The van der Waals surface area contributed by atoms with Crippen molar-refractivity contribution in [1.29, 1.82) is 0 Å². The second-order valence-corrected chi connectivity index (χ2v) is 4.22. The van der Waals surface area contributed by atoms with Crippen LogP contribution in [0.3, 0.4) is 0 Å². The summed E-state index contributed by atoms with van der Waals surface area (Å²) >= 11 is 4.95. The number of allylic oxidation sites excluding steroid dienone is 1. The lowest BCUT2D eigenvalue weighted by Crippen LogP contribution is -2.36. The first-order valence-corrected chi connectivity index (χ1v) is 5.90. The van der Waals surface area contributed by atoms with Gasteiger partial charge in [0, 0.05) is 12.3 Å². The van der Waals surface area contributed by atoms with Crippen molar-refractivity contribution in [2.24, 2.45) is 5.10 Å². The van der Waals surface area contributed by atoms with Gasteiger partial charge in [-0.2, -0.15) is 5.10 Å². The van der Waals surface area contributed by atoms with Crippen molar-refractivity contribution in [3.8, 4) is 0 Å². The van der Waals surface area contributed by atoms with Crippen LogP contribution < -0.4 is 10.7 Å². The first-order chi connectivity index (χ1) is 8.99. The Kier molecular flexibility index (Phi) is 5.68. The number of hydrazone groups is 1. The van der Waals surface area contributed by atoms with Crippen molar-refractivity contribution in [2.45, 2.75) is 19.9 Å². The molecule has 1 aromatic rings. The maximum absolute atomic E-state index is 10.4. The lowest BCUT2D eigenvalue weighted by atomic mass is 10.4. The van der Waals surface area contributed by atoms with Gasteiger partial charge in [-0.15, -0.1) is 0 Å². The molecule has 2 N–H and O–H groups in total. The zero-order chi connectivity index (χ0) is 14.3. The summed E-state index contributed by atoms with van der Waals surface area (Å²) in [6.07, 6.45) is 4.59. The van der Waals surface area contributed by atoms with Crippen molar-refractivity contribution >= 4 is 35.5 Å². The Hall–Kier alpha value is -2.22. The molecular formula is C11H14N4O3S. The molecule has 0 bridgehead atoms. The Labute approximate surface area is 115 Å². The average Bonchev–Trinajstić information content (AvgIpc) is 2.76. The summed E-state index contributed by atoms with van der Waals surface area (Å²) in [4.78, 5) is 9.79. The monoisotopic (exact) mass is 282 g/mol. The molecular weight excluding hydrogens is 268 g/mol. The van der Waals surface area contributed by atoms with E-state index in [1.165, 1.54) is 18.3 Å². The highest BCUT2D eigenvalue weighted by Crippen LogP contribution is 2.16. The summed E-state index contributed by atoms with van der Waals surface area (Å²) in [5.74, 6) is 0.0815. The molecule has 0 atom stereocenters. The molecule has 0 aromatic carbocycles. The fourth-order valence-corrected chi connectivity index (χ4v) is 1.39.